The molecule has 0 N–H and O–H groups in total. The van der Waals surface area contributed by atoms with Crippen molar-refractivity contribution < 1.29 is 22.3 Å². The Morgan fingerprint density at radius 3 is 1.86 bits per heavy atom. The van der Waals surface area contributed by atoms with E-state index in [2.05, 4.69) is 11.3 Å². The van der Waals surface area contributed by atoms with E-state index in [4.69, 9.17) is 5.26 Å². The first-order valence-electron chi connectivity index (χ1n) is 3.24. The Morgan fingerprint density at radius 2 is 1.50 bits per heavy atom. The van der Waals surface area contributed by atoms with Crippen LogP contribution in [0, 0.1) is 17.7 Å². The lowest BCUT2D eigenvalue weighted by molar-refractivity contribution is -0.274. The normalized spacial score (nSPS) is 9.86. The van der Waals surface area contributed by atoms with Gasteiger partial charge in [-0.05, 0) is 24.3 Å². The van der Waals surface area contributed by atoms with Gasteiger partial charge in [-0.2, -0.15) is 0 Å². The first-order chi connectivity index (χ1) is 6.47. The predicted octanol–water partition coefficient (Wildman–Crippen LogP) is 2.86. The van der Waals surface area contributed by atoms with Crippen LogP contribution >= 0.6 is 0 Å². The molecule has 0 saturated heterocycles. The fourth-order valence-electron chi connectivity index (χ4n) is 0.636. The maximum atomic E-state index is 12.2. The average Bonchev–Trinajstić information content (AvgIpc) is 2.10. The molecule has 0 saturated carbocycles. The Morgan fingerprint density at radius 1 is 1.07 bits per heavy atom. The highest BCUT2D eigenvalue weighted by Gasteiger charge is 2.30. The van der Waals surface area contributed by atoms with Gasteiger partial charge in [0.25, 0.3) is 0 Å². The quantitative estimate of drug-likeness (QED) is 0.663. The minimum atomic E-state index is -4.72. The van der Waals surface area contributed by atoms with Gasteiger partial charge in [0.1, 0.15) is 11.6 Å². The standard InChI is InChI=1S/C7H4F4O.CHN/c8-5-1-3-6(4-2-5)12-7(9,10)11;1-2/h1-4H;1H. The Kier molecular flexibility index (Phi) is 4.43. The van der Waals surface area contributed by atoms with Crippen LogP contribution in [0.25, 0.3) is 0 Å². The van der Waals surface area contributed by atoms with Crippen LogP contribution in [-0.2, 0) is 0 Å². The van der Waals surface area contributed by atoms with E-state index in [0.717, 1.165) is 24.3 Å². The molecule has 0 aliphatic rings. The minimum absolute atomic E-state index is 0.427. The highest BCUT2D eigenvalue weighted by Crippen LogP contribution is 2.22. The molecule has 0 aliphatic heterocycles. The molecule has 0 heterocycles. The number of nitrogens with zero attached hydrogens (tertiary/aromatic N) is 1. The van der Waals surface area contributed by atoms with Gasteiger partial charge in [-0.1, -0.05) is 0 Å². The minimum Gasteiger partial charge on any atom is -0.406 e. The van der Waals surface area contributed by atoms with Crippen molar-refractivity contribution in [2.75, 3.05) is 0 Å². The smallest absolute Gasteiger partial charge is 0.406 e. The first kappa shape index (κ1) is 12.2. The number of hydrogen-bond donors (Lipinski definition) is 0. The Labute approximate surface area is 77.3 Å². The number of rotatable bonds is 1. The third-order valence-corrected chi connectivity index (χ3v) is 1.05. The summed E-state index contributed by atoms with van der Waals surface area (Å²) in [5.74, 6) is -1.03. The van der Waals surface area contributed by atoms with Crippen molar-refractivity contribution >= 4 is 0 Å². The molecule has 0 fully saturated rings. The maximum Gasteiger partial charge on any atom is 0.573 e. The van der Waals surface area contributed by atoms with E-state index in [1.54, 1.807) is 0 Å². The van der Waals surface area contributed by atoms with Crippen molar-refractivity contribution in [2.45, 2.75) is 6.36 Å². The SMILES string of the molecule is C#N.Fc1ccc(OC(F)(F)F)cc1. The van der Waals surface area contributed by atoms with Crippen LogP contribution in [-0.4, -0.2) is 6.36 Å². The molecular formula is C8H5F4NO. The lowest BCUT2D eigenvalue weighted by atomic mass is 10.3. The molecule has 14 heavy (non-hydrogen) atoms. The molecule has 2 nitrogen and oxygen atoms in total. The summed E-state index contributed by atoms with van der Waals surface area (Å²) in [6.07, 6.45) is -4.72. The van der Waals surface area contributed by atoms with E-state index in [-0.39, 0.29) is 0 Å². The monoisotopic (exact) mass is 207 g/mol. The summed E-state index contributed by atoms with van der Waals surface area (Å²) in [5, 5.41) is 6.50. The van der Waals surface area contributed by atoms with E-state index in [9.17, 15) is 17.6 Å². The molecule has 0 bridgehead atoms. The molecule has 0 aromatic heterocycles. The van der Waals surface area contributed by atoms with Crippen LogP contribution in [0.5, 0.6) is 5.75 Å². The summed E-state index contributed by atoms with van der Waals surface area (Å²) >= 11 is 0. The number of hydrogen-bond acceptors (Lipinski definition) is 2. The van der Waals surface area contributed by atoms with Crippen LogP contribution in [0.2, 0.25) is 0 Å². The van der Waals surface area contributed by atoms with Crippen molar-refractivity contribution in [3.05, 3.63) is 30.1 Å². The van der Waals surface area contributed by atoms with Crippen molar-refractivity contribution in [1.82, 2.24) is 0 Å². The van der Waals surface area contributed by atoms with Crippen molar-refractivity contribution in [3.63, 3.8) is 0 Å². The molecule has 0 radical (unpaired) electrons. The highest BCUT2D eigenvalue weighted by molar-refractivity contribution is 5.22. The second-order valence-corrected chi connectivity index (χ2v) is 2.00. The summed E-state index contributed by atoms with van der Waals surface area (Å²) in [7, 11) is 0. The Bertz CT molecular complexity index is 290. The zero-order valence-electron chi connectivity index (χ0n) is 6.75. The first-order valence-corrected chi connectivity index (χ1v) is 3.24. The fraction of sp³-hybridized carbons (Fsp3) is 0.125. The average molecular weight is 207 g/mol. The molecule has 1 aromatic carbocycles. The Balaban J connectivity index is 0.000000791. The van der Waals surface area contributed by atoms with Crippen LogP contribution in [0.1, 0.15) is 0 Å². The number of alkyl halides is 3. The summed E-state index contributed by atoms with van der Waals surface area (Å²) < 4.78 is 50.3. The number of nitriles is 1. The molecule has 0 atom stereocenters. The molecule has 6 heteroatoms. The predicted molar refractivity (Wildman–Crippen MR) is 39.8 cm³/mol. The number of ether oxygens (including phenoxy) is 1. The molecule has 1 aromatic rings. The van der Waals surface area contributed by atoms with E-state index in [0.29, 0.717) is 0 Å². The maximum absolute atomic E-state index is 12.2. The van der Waals surface area contributed by atoms with E-state index >= 15 is 0 Å². The molecule has 0 unspecified atom stereocenters. The molecule has 0 amide bonds. The van der Waals surface area contributed by atoms with Gasteiger partial charge in [0.2, 0.25) is 0 Å². The zero-order valence-corrected chi connectivity index (χ0v) is 6.75. The third kappa shape index (κ3) is 4.98. The second kappa shape index (κ2) is 5.07. The zero-order chi connectivity index (χ0) is 11.2. The molecule has 76 valence electrons. The number of halogens is 4. The Hall–Kier alpha value is -1.77. The fourth-order valence-corrected chi connectivity index (χ4v) is 0.636. The van der Waals surface area contributed by atoms with Gasteiger partial charge in [-0.25, -0.2) is 9.65 Å². The largest absolute Gasteiger partial charge is 0.573 e. The summed E-state index contributed by atoms with van der Waals surface area (Å²) in [4.78, 5) is 0. The van der Waals surface area contributed by atoms with Crippen molar-refractivity contribution in [3.8, 4) is 12.3 Å². The van der Waals surface area contributed by atoms with E-state index in [1.165, 1.54) is 0 Å². The topological polar surface area (TPSA) is 33.0 Å². The van der Waals surface area contributed by atoms with E-state index in [1.807, 2.05) is 0 Å². The summed E-state index contributed by atoms with van der Waals surface area (Å²) in [6, 6.07) is 3.59. The number of benzene rings is 1. The van der Waals surface area contributed by atoms with Crippen LogP contribution < -0.4 is 4.74 Å². The van der Waals surface area contributed by atoms with Gasteiger partial charge >= 0.3 is 6.36 Å². The van der Waals surface area contributed by atoms with Gasteiger partial charge in [0.15, 0.2) is 0 Å². The van der Waals surface area contributed by atoms with Crippen LogP contribution in [0.15, 0.2) is 24.3 Å². The summed E-state index contributed by atoms with van der Waals surface area (Å²) in [6.45, 7) is 3.50. The van der Waals surface area contributed by atoms with Crippen LogP contribution in [0.3, 0.4) is 0 Å². The molecule has 0 spiro atoms. The molecular weight excluding hydrogens is 202 g/mol. The lowest BCUT2D eigenvalue weighted by Crippen LogP contribution is -2.16. The van der Waals surface area contributed by atoms with Gasteiger partial charge in [0, 0.05) is 6.57 Å². The highest BCUT2D eigenvalue weighted by atomic mass is 19.4. The van der Waals surface area contributed by atoms with Crippen LogP contribution in [0.4, 0.5) is 17.6 Å². The lowest BCUT2D eigenvalue weighted by Gasteiger charge is -2.07. The third-order valence-electron chi connectivity index (χ3n) is 1.05. The van der Waals surface area contributed by atoms with Crippen molar-refractivity contribution in [1.29, 1.82) is 5.26 Å². The second-order valence-electron chi connectivity index (χ2n) is 2.00. The van der Waals surface area contributed by atoms with Gasteiger partial charge in [-0.15, -0.1) is 13.2 Å². The molecule has 1 rings (SSSR count). The van der Waals surface area contributed by atoms with Gasteiger partial charge in [-0.3, -0.25) is 0 Å². The summed E-state index contributed by atoms with van der Waals surface area (Å²) in [5.41, 5.74) is 0. The van der Waals surface area contributed by atoms with Crippen molar-refractivity contribution in [2.24, 2.45) is 0 Å². The van der Waals surface area contributed by atoms with E-state index < -0.39 is 17.9 Å². The van der Waals surface area contributed by atoms with Gasteiger partial charge in [0.05, 0.1) is 0 Å². The van der Waals surface area contributed by atoms with Gasteiger partial charge < -0.3 is 4.74 Å². The molecule has 0 aliphatic carbocycles.